The molecule has 2 saturated heterocycles. The van der Waals surface area contributed by atoms with Crippen molar-refractivity contribution in [2.75, 3.05) is 31.1 Å². The lowest BCUT2D eigenvalue weighted by Gasteiger charge is -2.33. The molecule has 0 bridgehead atoms. The number of halogens is 3. The third kappa shape index (κ3) is 6.67. The summed E-state index contributed by atoms with van der Waals surface area (Å²) in [5.41, 5.74) is 2.41. The molecule has 42 heavy (non-hydrogen) atoms. The van der Waals surface area contributed by atoms with Gasteiger partial charge >= 0.3 is 12.1 Å². The van der Waals surface area contributed by atoms with E-state index in [-0.39, 0.29) is 23.9 Å². The molecule has 8 nitrogen and oxygen atoms in total. The third-order valence-corrected chi connectivity index (χ3v) is 7.94. The van der Waals surface area contributed by atoms with Gasteiger partial charge in [0, 0.05) is 75.8 Å². The molecule has 2 aliphatic rings. The first-order valence-electron chi connectivity index (χ1n) is 14.2. The number of ether oxygens (including phenoxy) is 1. The van der Waals surface area contributed by atoms with Crippen LogP contribution in [-0.2, 0) is 12.7 Å². The first-order chi connectivity index (χ1) is 20.3. The number of likely N-dealkylation sites (tertiary alicyclic amines) is 1. The maximum absolute atomic E-state index is 12.9. The Labute approximate surface area is 241 Å². The number of carbonyl (C=O) groups excluding carboxylic acids is 1. The zero-order valence-corrected chi connectivity index (χ0v) is 23.0. The van der Waals surface area contributed by atoms with E-state index >= 15 is 0 Å². The molecule has 0 atom stereocenters. The number of piperidine rings is 2. The molecule has 4 aromatic rings. The summed E-state index contributed by atoms with van der Waals surface area (Å²) in [6.45, 7) is 4.01. The fourth-order valence-corrected chi connectivity index (χ4v) is 5.59. The van der Waals surface area contributed by atoms with Crippen LogP contribution in [0.4, 0.5) is 18.9 Å². The van der Waals surface area contributed by atoms with E-state index in [1.807, 2.05) is 18.2 Å². The SMILES string of the molecule is O=C(NC1CCN(Cc2ccncc2)CC1)c1nc2ccc(OC3CCN(c4ccc(C(F)(F)F)cc4)CC3)cc2o1. The largest absolute Gasteiger partial charge is 0.490 e. The minimum Gasteiger partial charge on any atom is -0.490 e. The summed E-state index contributed by atoms with van der Waals surface area (Å²) in [7, 11) is 0. The Morgan fingerprint density at radius 1 is 0.952 bits per heavy atom. The van der Waals surface area contributed by atoms with E-state index in [1.54, 1.807) is 24.5 Å². The zero-order chi connectivity index (χ0) is 29.1. The van der Waals surface area contributed by atoms with E-state index in [1.165, 1.54) is 17.7 Å². The second-order valence-corrected chi connectivity index (χ2v) is 10.9. The summed E-state index contributed by atoms with van der Waals surface area (Å²) in [6, 6.07) is 14.7. The van der Waals surface area contributed by atoms with E-state index in [4.69, 9.17) is 9.15 Å². The number of rotatable bonds is 7. The monoisotopic (exact) mass is 579 g/mol. The molecule has 11 heteroatoms. The maximum Gasteiger partial charge on any atom is 0.416 e. The van der Waals surface area contributed by atoms with Gasteiger partial charge in [-0.3, -0.25) is 14.7 Å². The number of benzene rings is 2. The first kappa shape index (κ1) is 28.0. The van der Waals surface area contributed by atoms with E-state index in [2.05, 4.69) is 25.1 Å². The lowest BCUT2D eigenvalue weighted by molar-refractivity contribution is -0.137. The zero-order valence-electron chi connectivity index (χ0n) is 23.0. The molecule has 2 aromatic heterocycles. The highest BCUT2D eigenvalue weighted by atomic mass is 19.4. The predicted octanol–water partition coefficient (Wildman–Crippen LogP) is 5.68. The van der Waals surface area contributed by atoms with Gasteiger partial charge in [-0.05, 0) is 66.9 Å². The Morgan fingerprint density at radius 2 is 1.67 bits per heavy atom. The maximum atomic E-state index is 12.9. The lowest BCUT2D eigenvalue weighted by atomic mass is 10.0. The minimum atomic E-state index is -4.34. The first-order valence-corrected chi connectivity index (χ1v) is 14.2. The van der Waals surface area contributed by atoms with Crippen molar-refractivity contribution in [1.82, 2.24) is 20.2 Å². The molecular weight excluding hydrogens is 547 g/mol. The molecule has 2 aliphatic heterocycles. The quantitative estimate of drug-likeness (QED) is 0.302. The van der Waals surface area contributed by atoms with E-state index in [0.717, 1.165) is 63.1 Å². The van der Waals surface area contributed by atoms with Crippen molar-refractivity contribution in [3.8, 4) is 5.75 Å². The van der Waals surface area contributed by atoms with Gasteiger partial charge in [0.15, 0.2) is 5.58 Å². The number of oxazole rings is 1. The molecule has 0 unspecified atom stereocenters. The molecular formula is C31H32F3N5O3. The average molecular weight is 580 g/mol. The smallest absolute Gasteiger partial charge is 0.416 e. The number of anilines is 1. The van der Waals surface area contributed by atoms with Crippen molar-refractivity contribution in [2.24, 2.45) is 0 Å². The van der Waals surface area contributed by atoms with Crippen LogP contribution in [0.3, 0.4) is 0 Å². The number of aromatic nitrogens is 2. The van der Waals surface area contributed by atoms with Gasteiger partial charge in [0.1, 0.15) is 17.4 Å². The Kier molecular flexibility index (Phi) is 8.01. The summed E-state index contributed by atoms with van der Waals surface area (Å²) in [5.74, 6) is 0.336. The summed E-state index contributed by atoms with van der Waals surface area (Å²) in [6.07, 6.45) is 2.39. The summed E-state index contributed by atoms with van der Waals surface area (Å²) in [5, 5.41) is 3.07. The number of carbonyl (C=O) groups is 1. The van der Waals surface area contributed by atoms with Crippen LogP contribution < -0.4 is 15.0 Å². The Bertz CT molecular complexity index is 1490. The normalized spacial score (nSPS) is 17.5. The molecule has 4 heterocycles. The number of amides is 1. The molecule has 220 valence electrons. The summed E-state index contributed by atoms with van der Waals surface area (Å²) in [4.78, 5) is 25.8. The van der Waals surface area contributed by atoms with Gasteiger partial charge in [-0.2, -0.15) is 13.2 Å². The van der Waals surface area contributed by atoms with Crippen molar-refractivity contribution in [2.45, 2.75) is 50.6 Å². The molecule has 0 aliphatic carbocycles. The molecule has 1 amide bonds. The molecule has 6 rings (SSSR count). The van der Waals surface area contributed by atoms with Crippen LogP contribution in [0.2, 0.25) is 0 Å². The van der Waals surface area contributed by atoms with Gasteiger partial charge in [0.05, 0.1) is 5.56 Å². The molecule has 2 fully saturated rings. The summed E-state index contributed by atoms with van der Waals surface area (Å²) < 4.78 is 50.6. The van der Waals surface area contributed by atoms with E-state index in [9.17, 15) is 18.0 Å². The molecule has 1 N–H and O–H groups in total. The fraction of sp³-hybridized carbons (Fsp3) is 0.387. The number of fused-ring (bicyclic) bond motifs is 1. The van der Waals surface area contributed by atoms with Gasteiger partial charge in [0.2, 0.25) is 0 Å². The van der Waals surface area contributed by atoms with Crippen LogP contribution in [0.1, 0.15) is 47.5 Å². The van der Waals surface area contributed by atoms with Crippen LogP contribution in [0.15, 0.2) is 71.4 Å². The Hall–Kier alpha value is -4.12. The van der Waals surface area contributed by atoms with Crippen LogP contribution in [0.5, 0.6) is 5.75 Å². The number of nitrogens with zero attached hydrogens (tertiary/aromatic N) is 4. The number of hydrogen-bond donors (Lipinski definition) is 1. The highest BCUT2D eigenvalue weighted by molar-refractivity contribution is 5.92. The number of alkyl halides is 3. The van der Waals surface area contributed by atoms with Gasteiger partial charge in [-0.1, -0.05) is 0 Å². The fourth-order valence-electron chi connectivity index (χ4n) is 5.59. The Balaban J connectivity index is 0.989. The van der Waals surface area contributed by atoms with Gasteiger partial charge in [-0.25, -0.2) is 4.98 Å². The van der Waals surface area contributed by atoms with Crippen molar-refractivity contribution in [3.63, 3.8) is 0 Å². The topological polar surface area (TPSA) is 83.7 Å². The molecule has 2 aromatic carbocycles. The standard InChI is InChI=1S/C31H32F3N5O3/c32-31(33,34)22-1-3-24(4-2-22)39-17-11-25(12-18-39)41-26-5-6-27-28(19-26)42-30(37-27)29(40)36-23-9-15-38(16-10-23)20-21-7-13-35-14-8-21/h1-8,13-14,19,23,25H,9-12,15-18,20H2,(H,36,40). The third-order valence-electron chi connectivity index (χ3n) is 7.94. The van der Waals surface area contributed by atoms with Gasteiger partial charge < -0.3 is 19.4 Å². The number of pyridine rings is 1. The van der Waals surface area contributed by atoms with Crippen LogP contribution in [-0.4, -0.2) is 59.1 Å². The van der Waals surface area contributed by atoms with Gasteiger partial charge in [0.25, 0.3) is 5.89 Å². The molecule has 0 saturated carbocycles. The second-order valence-electron chi connectivity index (χ2n) is 10.9. The summed E-state index contributed by atoms with van der Waals surface area (Å²) >= 11 is 0. The number of hydrogen-bond acceptors (Lipinski definition) is 7. The lowest BCUT2D eigenvalue weighted by Crippen LogP contribution is -2.44. The molecule has 0 spiro atoms. The van der Waals surface area contributed by atoms with Crippen LogP contribution in [0.25, 0.3) is 11.1 Å². The predicted molar refractivity (Wildman–Crippen MR) is 151 cm³/mol. The number of nitrogens with one attached hydrogen (secondary N) is 1. The average Bonchev–Trinajstić information content (AvgIpc) is 3.43. The highest BCUT2D eigenvalue weighted by Gasteiger charge is 2.30. The van der Waals surface area contributed by atoms with Crippen LogP contribution >= 0.6 is 0 Å². The Morgan fingerprint density at radius 3 is 2.36 bits per heavy atom. The van der Waals surface area contributed by atoms with E-state index in [0.29, 0.717) is 29.9 Å². The van der Waals surface area contributed by atoms with E-state index < -0.39 is 11.7 Å². The van der Waals surface area contributed by atoms with Crippen molar-refractivity contribution in [1.29, 1.82) is 0 Å². The van der Waals surface area contributed by atoms with Crippen molar-refractivity contribution in [3.05, 3.63) is 84.0 Å². The minimum absolute atomic E-state index is 0.0335. The van der Waals surface area contributed by atoms with Crippen molar-refractivity contribution < 1.29 is 27.1 Å². The van der Waals surface area contributed by atoms with Crippen LogP contribution in [0, 0.1) is 0 Å². The van der Waals surface area contributed by atoms with Crippen molar-refractivity contribution >= 4 is 22.7 Å². The second kappa shape index (κ2) is 12.0. The molecule has 0 radical (unpaired) electrons. The highest BCUT2D eigenvalue weighted by Crippen LogP contribution is 2.32. The van der Waals surface area contributed by atoms with Gasteiger partial charge in [-0.15, -0.1) is 0 Å².